The Morgan fingerprint density at radius 1 is 1.12 bits per heavy atom. The Morgan fingerprint density at radius 2 is 1.88 bits per heavy atom. The topological polar surface area (TPSA) is 38.3 Å². The monoisotopic (exact) mass is 341 g/mol. The highest BCUT2D eigenvalue weighted by Gasteiger charge is 2.22. The van der Waals surface area contributed by atoms with Gasteiger partial charge in [-0.15, -0.1) is 0 Å². The molecule has 0 saturated carbocycles. The molecule has 0 bridgehead atoms. The van der Waals surface area contributed by atoms with Crippen LogP contribution in [0.5, 0.6) is 5.75 Å². The minimum atomic E-state index is -0.0316. The summed E-state index contributed by atoms with van der Waals surface area (Å²) in [7, 11) is 1.73. The number of methoxy groups -OCH3 is 1. The van der Waals surface area contributed by atoms with Crippen LogP contribution in [0, 0.1) is 5.41 Å². The molecule has 1 N–H and O–H groups in total. The summed E-state index contributed by atoms with van der Waals surface area (Å²) in [4.78, 5) is 12.0. The average molecular weight is 341 g/mol. The number of fused-ring (bicyclic) bond motifs is 1. The van der Waals surface area contributed by atoms with Crippen molar-refractivity contribution in [3.05, 3.63) is 42.0 Å². The zero-order valence-corrected chi connectivity index (χ0v) is 16.0. The van der Waals surface area contributed by atoms with Crippen molar-refractivity contribution in [3.8, 4) is 5.75 Å². The highest BCUT2D eigenvalue weighted by molar-refractivity contribution is 5.89. The van der Waals surface area contributed by atoms with E-state index < -0.39 is 0 Å². The quantitative estimate of drug-likeness (QED) is 0.643. The third kappa shape index (κ3) is 5.48. The third-order valence-corrected chi connectivity index (χ3v) is 4.61. The Morgan fingerprint density at radius 3 is 2.60 bits per heavy atom. The van der Waals surface area contributed by atoms with Gasteiger partial charge in [-0.2, -0.15) is 0 Å². The number of nitrogens with one attached hydrogen (secondary N) is 1. The lowest BCUT2D eigenvalue weighted by Gasteiger charge is -2.26. The molecule has 0 saturated heterocycles. The second-order valence-corrected chi connectivity index (χ2v) is 7.55. The number of carbonyl (C=O) groups excluding carboxylic acids is 1. The molecule has 0 radical (unpaired) electrons. The van der Waals surface area contributed by atoms with Gasteiger partial charge >= 0.3 is 0 Å². The predicted octanol–water partition coefficient (Wildman–Crippen LogP) is 5.11. The highest BCUT2D eigenvalue weighted by Crippen LogP contribution is 2.33. The Kier molecular flexibility index (Phi) is 6.86. The van der Waals surface area contributed by atoms with Crippen LogP contribution < -0.4 is 10.1 Å². The first-order valence-electron chi connectivity index (χ1n) is 9.28. The highest BCUT2D eigenvalue weighted by atomic mass is 16.5. The van der Waals surface area contributed by atoms with Gasteiger partial charge in [-0.05, 0) is 29.2 Å². The summed E-state index contributed by atoms with van der Waals surface area (Å²) in [6, 6.07) is 12.6. The van der Waals surface area contributed by atoms with Gasteiger partial charge in [-0.3, -0.25) is 4.79 Å². The summed E-state index contributed by atoms with van der Waals surface area (Å²) in [6.07, 6.45) is 4.71. The average Bonchev–Trinajstić information content (AvgIpc) is 2.60. The predicted molar refractivity (Wildman–Crippen MR) is 105 cm³/mol. The van der Waals surface area contributed by atoms with Crippen molar-refractivity contribution in [3.63, 3.8) is 0 Å². The molecule has 2 rings (SSSR count). The van der Waals surface area contributed by atoms with Crippen LogP contribution in [0.2, 0.25) is 0 Å². The number of unbranched alkanes of at least 4 members (excludes halogenated alkanes) is 2. The third-order valence-electron chi connectivity index (χ3n) is 4.61. The van der Waals surface area contributed by atoms with E-state index in [0.717, 1.165) is 36.8 Å². The number of ether oxygens (including phenoxy) is 1. The van der Waals surface area contributed by atoms with E-state index in [9.17, 15) is 4.79 Å². The summed E-state index contributed by atoms with van der Waals surface area (Å²) < 4.78 is 5.71. The van der Waals surface area contributed by atoms with Gasteiger partial charge in [0.15, 0.2) is 0 Å². The minimum absolute atomic E-state index is 0.0316. The Labute approximate surface area is 151 Å². The number of rotatable bonds is 9. The van der Waals surface area contributed by atoms with E-state index in [-0.39, 0.29) is 11.3 Å². The molecule has 2 aromatic rings. The van der Waals surface area contributed by atoms with E-state index in [2.05, 4.69) is 50.4 Å². The SMILES string of the molecule is CCCCCC(=O)NCC(C)(C)Cc1ccc2ccccc2c1OC. The second-order valence-electron chi connectivity index (χ2n) is 7.55. The Balaban J connectivity index is 2.04. The fourth-order valence-corrected chi connectivity index (χ4v) is 3.21. The van der Waals surface area contributed by atoms with Crippen molar-refractivity contribution in [2.24, 2.45) is 5.41 Å². The molecule has 0 aliphatic rings. The van der Waals surface area contributed by atoms with Crippen LogP contribution in [0.25, 0.3) is 10.8 Å². The number of amides is 1. The van der Waals surface area contributed by atoms with E-state index in [1.54, 1.807) is 7.11 Å². The van der Waals surface area contributed by atoms with Gasteiger partial charge in [-0.25, -0.2) is 0 Å². The number of hydrogen-bond donors (Lipinski definition) is 1. The first-order valence-corrected chi connectivity index (χ1v) is 9.28. The normalized spacial score (nSPS) is 11.5. The van der Waals surface area contributed by atoms with Gasteiger partial charge in [0.05, 0.1) is 7.11 Å². The largest absolute Gasteiger partial charge is 0.496 e. The van der Waals surface area contributed by atoms with Crippen molar-refractivity contribution in [1.29, 1.82) is 0 Å². The van der Waals surface area contributed by atoms with Crippen LogP contribution in [0.4, 0.5) is 0 Å². The lowest BCUT2D eigenvalue weighted by molar-refractivity contribution is -0.121. The molecule has 1 amide bonds. The summed E-state index contributed by atoms with van der Waals surface area (Å²) in [6.45, 7) is 7.20. The van der Waals surface area contributed by atoms with Gasteiger partial charge in [0, 0.05) is 18.4 Å². The van der Waals surface area contributed by atoms with Gasteiger partial charge < -0.3 is 10.1 Å². The Bertz CT molecular complexity index is 706. The Hall–Kier alpha value is -2.03. The van der Waals surface area contributed by atoms with Gasteiger partial charge in [0.25, 0.3) is 0 Å². The lowest BCUT2D eigenvalue weighted by Crippen LogP contribution is -2.35. The van der Waals surface area contributed by atoms with Gasteiger partial charge in [0.2, 0.25) is 5.91 Å². The summed E-state index contributed by atoms with van der Waals surface area (Å²) in [5.41, 5.74) is 1.15. The van der Waals surface area contributed by atoms with Crippen LogP contribution in [-0.2, 0) is 11.2 Å². The fourth-order valence-electron chi connectivity index (χ4n) is 3.21. The molecule has 25 heavy (non-hydrogen) atoms. The van der Waals surface area contributed by atoms with E-state index in [1.807, 2.05) is 12.1 Å². The van der Waals surface area contributed by atoms with Crippen LogP contribution in [0.3, 0.4) is 0 Å². The first kappa shape index (κ1) is 19.3. The van der Waals surface area contributed by atoms with Crippen LogP contribution in [-0.4, -0.2) is 19.6 Å². The molecule has 0 heterocycles. The van der Waals surface area contributed by atoms with Crippen LogP contribution in [0.15, 0.2) is 36.4 Å². The molecule has 0 unspecified atom stereocenters. The molecule has 3 heteroatoms. The lowest BCUT2D eigenvalue weighted by atomic mass is 9.84. The smallest absolute Gasteiger partial charge is 0.220 e. The van der Waals surface area contributed by atoms with Crippen molar-refractivity contribution in [2.75, 3.05) is 13.7 Å². The van der Waals surface area contributed by atoms with Crippen molar-refractivity contribution in [2.45, 2.75) is 52.9 Å². The van der Waals surface area contributed by atoms with E-state index in [4.69, 9.17) is 4.74 Å². The standard InChI is InChI=1S/C22H31NO2/c1-5-6-7-12-20(24)23-16-22(2,3)15-18-14-13-17-10-8-9-11-19(17)21(18)25-4/h8-11,13-14H,5-7,12,15-16H2,1-4H3,(H,23,24). The molecule has 0 fully saturated rings. The number of carbonyl (C=O) groups is 1. The van der Waals surface area contributed by atoms with Crippen LogP contribution >= 0.6 is 0 Å². The molecule has 2 aromatic carbocycles. The molecule has 136 valence electrons. The molecule has 0 aliphatic heterocycles. The van der Waals surface area contributed by atoms with Crippen LogP contribution in [0.1, 0.15) is 52.0 Å². The maximum absolute atomic E-state index is 12.0. The number of benzene rings is 2. The zero-order valence-electron chi connectivity index (χ0n) is 16.0. The molecular formula is C22H31NO2. The molecule has 0 atom stereocenters. The summed E-state index contributed by atoms with van der Waals surface area (Å²) in [5, 5.41) is 5.42. The summed E-state index contributed by atoms with van der Waals surface area (Å²) >= 11 is 0. The van der Waals surface area contributed by atoms with E-state index >= 15 is 0 Å². The zero-order chi connectivity index (χ0) is 18.3. The van der Waals surface area contributed by atoms with Crippen molar-refractivity contribution < 1.29 is 9.53 Å². The van der Waals surface area contributed by atoms with Gasteiger partial charge in [0.1, 0.15) is 5.75 Å². The van der Waals surface area contributed by atoms with Gasteiger partial charge in [-0.1, -0.05) is 70.0 Å². The molecular weight excluding hydrogens is 310 g/mol. The first-order chi connectivity index (χ1) is 12.0. The molecule has 0 aliphatic carbocycles. The van der Waals surface area contributed by atoms with Crippen molar-refractivity contribution in [1.82, 2.24) is 5.32 Å². The summed E-state index contributed by atoms with van der Waals surface area (Å²) in [5.74, 6) is 1.10. The fraction of sp³-hybridized carbons (Fsp3) is 0.500. The van der Waals surface area contributed by atoms with E-state index in [0.29, 0.717) is 13.0 Å². The molecule has 0 aromatic heterocycles. The maximum atomic E-state index is 12.0. The minimum Gasteiger partial charge on any atom is -0.496 e. The number of hydrogen-bond acceptors (Lipinski definition) is 2. The van der Waals surface area contributed by atoms with E-state index in [1.165, 1.54) is 10.9 Å². The maximum Gasteiger partial charge on any atom is 0.220 e. The molecule has 0 spiro atoms. The van der Waals surface area contributed by atoms with Crippen molar-refractivity contribution >= 4 is 16.7 Å². The second kappa shape index (κ2) is 8.89. The molecule has 3 nitrogen and oxygen atoms in total.